The molecule has 0 aromatic carbocycles. The molecule has 0 atom stereocenters. The second kappa shape index (κ2) is 8.53. The van der Waals surface area contributed by atoms with Crippen LogP contribution in [0.15, 0.2) is 0 Å². The lowest BCUT2D eigenvalue weighted by atomic mass is 10.2. The summed E-state index contributed by atoms with van der Waals surface area (Å²) in [6, 6.07) is 0. The van der Waals surface area contributed by atoms with Gasteiger partial charge in [-0.05, 0) is 24.7 Å². The third-order valence-corrected chi connectivity index (χ3v) is 4.74. The van der Waals surface area contributed by atoms with Crippen molar-refractivity contribution in [1.82, 2.24) is 0 Å². The summed E-state index contributed by atoms with van der Waals surface area (Å²) in [5.74, 6) is 0.610. The molecule has 2 N–H and O–H groups in total. The van der Waals surface area contributed by atoms with E-state index in [0.717, 1.165) is 0 Å². The average molecular weight is 318 g/mol. The fourth-order valence-electron chi connectivity index (χ4n) is 1.02. The van der Waals surface area contributed by atoms with Gasteiger partial charge in [-0.15, -0.1) is 0 Å². The van der Waals surface area contributed by atoms with Crippen LogP contribution in [0.2, 0.25) is 0 Å². The highest BCUT2D eigenvalue weighted by molar-refractivity contribution is 7.61. The van der Waals surface area contributed by atoms with Gasteiger partial charge in [-0.25, -0.2) is 9.13 Å². The van der Waals surface area contributed by atoms with Crippen molar-refractivity contribution in [3.05, 3.63) is 0 Å². The lowest BCUT2D eigenvalue weighted by molar-refractivity contribution is 0.131. The minimum absolute atomic E-state index is 0.0522. The van der Waals surface area contributed by atoms with Gasteiger partial charge in [-0.2, -0.15) is 4.31 Å². The zero-order valence-electron chi connectivity index (χ0n) is 11.8. The number of rotatable bonds is 10. The Labute approximate surface area is 114 Å². The quantitative estimate of drug-likeness (QED) is 0.595. The van der Waals surface area contributed by atoms with E-state index in [1.54, 1.807) is 0 Å². The largest absolute Gasteiger partial charge is 0.483 e. The molecule has 19 heavy (non-hydrogen) atoms. The Bertz CT molecular complexity index is 319. The van der Waals surface area contributed by atoms with Crippen molar-refractivity contribution in [2.24, 2.45) is 11.8 Å². The van der Waals surface area contributed by atoms with E-state index in [1.165, 1.54) is 0 Å². The molecule has 116 valence electrons. The lowest BCUT2D eigenvalue weighted by Gasteiger charge is -2.19. The van der Waals surface area contributed by atoms with Gasteiger partial charge in [0.2, 0.25) is 0 Å². The molecule has 0 amide bonds. The molecule has 0 fully saturated rings. The maximum Gasteiger partial charge on any atom is 0.483 e. The summed E-state index contributed by atoms with van der Waals surface area (Å²) >= 11 is 0. The maximum absolute atomic E-state index is 12.0. The minimum Gasteiger partial charge on any atom is -0.302 e. The van der Waals surface area contributed by atoms with Crippen LogP contribution in [0, 0.1) is 11.8 Å². The summed E-state index contributed by atoms with van der Waals surface area (Å²) in [7, 11) is -9.14. The van der Waals surface area contributed by atoms with Gasteiger partial charge in [-0.1, -0.05) is 27.7 Å². The molecule has 0 bridgehead atoms. The molecule has 0 heterocycles. The zero-order valence-corrected chi connectivity index (χ0v) is 13.6. The Kier molecular flexibility index (Phi) is 8.64. The van der Waals surface area contributed by atoms with Crippen LogP contribution in [0.1, 0.15) is 40.5 Å². The van der Waals surface area contributed by atoms with Crippen molar-refractivity contribution in [2.45, 2.75) is 40.5 Å². The number of hydrogen-bond donors (Lipinski definition) is 2. The van der Waals surface area contributed by atoms with E-state index < -0.39 is 15.6 Å². The van der Waals surface area contributed by atoms with Crippen LogP contribution < -0.4 is 0 Å². The summed E-state index contributed by atoms with van der Waals surface area (Å²) in [4.78, 5) is 17.5. The molecule has 0 aliphatic carbocycles. The van der Waals surface area contributed by atoms with Crippen LogP contribution >= 0.6 is 15.6 Å². The standard InChI is InChI=1S/C10H24O7P2/c1-9(2)5-7-15-19(14,17-18(11,12)13)16-8-6-10(3)4/h9-10H,5-8H2,1-4H3,(H2,11,12,13). The monoisotopic (exact) mass is 318 g/mol. The molecule has 0 aliphatic heterocycles. The highest BCUT2D eigenvalue weighted by Crippen LogP contribution is 2.61. The molecular formula is C10H24O7P2. The number of hydrogen-bond acceptors (Lipinski definition) is 5. The predicted molar refractivity (Wildman–Crippen MR) is 71.5 cm³/mol. The zero-order chi connectivity index (χ0) is 15.1. The third-order valence-electron chi connectivity index (χ3n) is 2.10. The van der Waals surface area contributed by atoms with Crippen molar-refractivity contribution in [3.63, 3.8) is 0 Å². The molecular weight excluding hydrogens is 294 g/mol. The molecule has 0 aromatic rings. The first-order valence-corrected chi connectivity index (χ1v) is 9.19. The van der Waals surface area contributed by atoms with Crippen molar-refractivity contribution in [2.75, 3.05) is 13.2 Å². The van der Waals surface area contributed by atoms with Gasteiger partial charge in [0.1, 0.15) is 0 Å². The fraction of sp³-hybridized carbons (Fsp3) is 1.00. The third kappa shape index (κ3) is 11.8. The molecule has 0 saturated carbocycles. The van der Waals surface area contributed by atoms with Gasteiger partial charge in [0.25, 0.3) is 0 Å². The Balaban J connectivity index is 4.45. The first-order chi connectivity index (χ1) is 8.54. The van der Waals surface area contributed by atoms with Crippen LogP contribution in [-0.2, 0) is 22.5 Å². The Hall–Kier alpha value is 0.260. The van der Waals surface area contributed by atoms with E-state index in [1.807, 2.05) is 27.7 Å². The first-order valence-electron chi connectivity index (χ1n) is 6.20. The van der Waals surface area contributed by atoms with E-state index in [0.29, 0.717) is 24.7 Å². The summed E-state index contributed by atoms with van der Waals surface area (Å²) in [6.45, 7) is 7.87. The number of phosphoric ester groups is 1. The summed E-state index contributed by atoms with van der Waals surface area (Å²) in [5.41, 5.74) is 0. The molecule has 0 aromatic heterocycles. The van der Waals surface area contributed by atoms with Crippen molar-refractivity contribution in [1.29, 1.82) is 0 Å². The molecule has 0 unspecified atom stereocenters. The average Bonchev–Trinajstić information content (AvgIpc) is 2.12. The highest BCUT2D eigenvalue weighted by atomic mass is 31.3. The predicted octanol–water partition coefficient (Wildman–Crippen LogP) is 3.33. The van der Waals surface area contributed by atoms with E-state index in [9.17, 15) is 9.13 Å². The molecule has 0 saturated heterocycles. The van der Waals surface area contributed by atoms with Gasteiger partial charge in [0, 0.05) is 0 Å². The normalized spacial score (nSPS) is 13.5. The molecule has 0 spiro atoms. The van der Waals surface area contributed by atoms with E-state index in [2.05, 4.69) is 4.31 Å². The molecule has 0 aliphatic rings. The van der Waals surface area contributed by atoms with Crippen LogP contribution in [0.25, 0.3) is 0 Å². The maximum atomic E-state index is 12.0. The molecule has 0 rings (SSSR count). The van der Waals surface area contributed by atoms with Gasteiger partial charge in [0.15, 0.2) is 0 Å². The topological polar surface area (TPSA) is 102 Å². The van der Waals surface area contributed by atoms with Gasteiger partial charge < -0.3 is 9.79 Å². The smallest absolute Gasteiger partial charge is 0.302 e. The van der Waals surface area contributed by atoms with Gasteiger partial charge in [-0.3, -0.25) is 9.05 Å². The highest BCUT2D eigenvalue weighted by Gasteiger charge is 2.35. The van der Waals surface area contributed by atoms with E-state index >= 15 is 0 Å². The molecule has 0 radical (unpaired) electrons. The first kappa shape index (κ1) is 19.3. The minimum atomic E-state index is -4.93. The van der Waals surface area contributed by atoms with Crippen LogP contribution in [0.3, 0.4) is 0 Å². The summed E-state index contributed by atoms with van der Waals surface area (Å²) in [6.07, 6.45) is 1.17. The Morgan fingerprint density at radius 1 is 0.895 bits per heavy atom. The second-order valence-electron chi connectivity index (χ2n) is 5.05. The lowest BCUT2D eigenvalue weighted by Crippen LogP contribution is -2.05. The van der Waals surface area contributed by atoms with Crippen LogP contribution in [-0.4, -0.2) is 23.0 Å². The molecule has 9 heteroatoms. The second-order valence-corrected chi connectivity index (χ2v) is 8.10. The summed E-state index contributed by atoms with van der Waals surface area (Å²) in [5, 5.41) is 0. The van der Waals surface area contributed by atoms with Gasteiger partial charge in [0.05, 0.1) is 13.2 Å². The van der Waals surface area contributed by atoms with Crippen LogP contribution in [0.5, 0.6) is 0 Å². The Morgan fingerprint density at radius 2 is 1.26 bits per heavy atom. The molecule has 7 nitrogen and oxygen atoms in total. The van der Waals surface area contributed by atoms with Crippen molar-refractivity contribution in [3.8, 4) is 0 Å². The van der Waals surface area contributed by atoms with E-state index in [4.69, 9.17) is 18.8 Å². The summed E-state index contributed by atoms with van der Waals surface area (Å²) < 4.78 is 36.8. The van der Waals surface area contributed by atoms with Crippen molar-refractivity contribution >= 4 is 15.6 Å². The van der Waals surface area contributed by atoms with E-state index in [-0.39, 0.29) is 13.2 Å². The Morgan fingerprint density at radius 3 is 1.53 bits per heavy atom. The fourth-order valence-corrected chi connectivity index (χ4v) is 3.17. The van der Waals surface area contributed by atoms with Gasteiger partial charge >= 0.3 is 15.6 Å². The van der Waals surface area contributed by atoms with Crippen molar-refractivity contribution < 1.29 is 32.3 Å². The van der Waals surface area contributed by atoms with Crippen LogP contribution in [0.4, 0.5) is 0 Å². The SMILES string of the molecule is CC(C)CCOP(=O)(OCCC(C)C)OP(=O)(O)O. The number of phosphoric acid groups is 2.